The van der Waals surface area contributed by atoms with Crippen molar-refractivity contribution in [2.24, 2.45) is 0 Å². The molecule has 2 heterocycles. The Morgan fingerprint density at radius 1 is 1.17 bits per heavy atom. The Hall–Kier alpha value is -2.50. The largest absolute Gasteiger partial charge is 0.323 e. The van der Waals surface area contributed by atoms with E-state index in [1.165, 1.54) is 16.2 Å². The summed E-state index contributed by atoms with van der Waals surface area (Å²) in [7, 11) is 0. The third-order valence-corrected chi connectivity index (χ3v) is 4.65. The van der Waals surface area contributed by atoms with E-state index >= 15 is 0 Å². The SMILES string of the molecule is C=CC[NH+](CC=C)Cc1cc(=O)n2c(-c3ccccc3)csc2n1. The van der Waals surface area contributed by atoms with Crippen LogP contribution in [0.4, 0.5) is 0 Å². The van der Waals surface area contributed by atoms with Gasteiger partial charge in [-0.2, -0.15) is 0 Å². The van der Waals surface area contributed by atoms with Crippen LogP contribution in [0.15, 0.2) is 71.9 Å². The maximum absolute atomic E-state index is 12.6. The molecule has 0 aliphatic carbocycles. The van der Waals surface area contributed by atoms with Crippen LogP contribution in [0.5, 0.6) is 0 Å². The minimum absolute atomic E-state index is 0.0355. The molecule has 0 unspecified atom stereocenters. The van der Waals surface area contributed by atoms with E-state index in [0.29, 0.717) is 6.54 Å². The molecule has 5 heteroatoms. The predicted octanol–water partition coefficient (Wildman–Crippen LogP) is 2.18. The molecule has 1 N–H and O–H groups in total. The number of aromatic nitrogens is 2. The second-order valence-corrected chi connectivity index (χ2v) is 6.44. The molecule has 0 radical (unpaired) electrons. The molecule has 0 aliphatic heterocycles. The van der Waals surface area contributed by atoms with Crippen molar-refractivity contribution in [2.45, 2.75) is 6.54 Å². The van der Waals surface area contributed by atoms with E-state index in [2.05, 4.69) is 18.1 Å². The fourth-order valence-corrected chi connectivity index (χ4v) is 3.68. The van der Waals surface area contributed by atoms with E-state index in [1.807, 2.05) is 47.9 Å². The summed E-state index contributed by atoms with van der Waals surface area (Å²) in [6, 6.07) is 11.5. The zero-order valence-corrected chi connectivity index (χ0v) is 14.3. The first-order valence-electron chi connectivity index (χ1n) is 7.84. The quantitative estimate of drug-likeness (QED) is 0.671. The number of nitrogens with one attached hydrogen (secondary N) is 1. The monoisotopic (exact) mass is 338 g/mol. The Bertz CT molecular complexity index is 901. The smallest absolute Gasteiger partial charge is 0.259 e. The molecular formula is C19H20N3OS+. The van der Waals surface area contributed by atoms with Crippen molar-refractivity contribution in [3.8, 4) is 11.3 Å². The maximum atomic E-state index is 12.6. The lowest BCUT2D eigenvalue weighted by Crippen LogP contribution is -3.10. The first-order valence-corrected chi connectivity index (χ1v) is 8.72. The van der Waals surface area contributed by atoms with Crippen molar-refractivity contribution in [3.63, 3.8) is 0 Å². The number of benzene rings is 1. The highest BCUT2D eigenvalue weighted by atomic mass is 32.1. The molecule has 24 heavy (non-hydrogen) atoms. The second-order valence-electron chi connectivity index (χ2n) is 5.60. The first-order chi connectivity index (χ1) is 11.7. The summed E-state index contributed by atoms with van der Waals surface area (Å²) in [5.74, 6) is 0. The Morgan fingerprint density at radius 2 is 1.88 bits per heavy atom. The minimum Gasteiger partial charge on any atom is -0.323 e. The Kier molecular flexibility index (Phi) is 5.03. The van der Waals surface area contributed by atoms with Gasteiger partial charge in [0.1, 0.15) is 12.2 Å². The Balaban J connectivity index is 1.99. The van der Waals surface area contributed by atoms with Crippen LogP contribution in [0.25, 0.3) is 16.2 Å². The van der Waals surface area contributed by atoms with Gasteiger partial charge in [-0.25, -0.2) is 4.98 Å². The Labute approximate surface area is 145 Å². The van der Waals surface area contributed by atoms with Crippen LogP contribution >= 0.6 is 11.3 Å². The molecule has 0 fully saturated rings. The van der Waals surface area contributed by atoms with Crippen LogP contribution in [-0.4, -0.2) is 22.5 Å². The predicted molar refractivity (Wildman–Crippen MR) is 99.6 cm³/mol. The van der Waals surface area contributed by atoms with E-state index in [0.717, 1.165) is 35.0 Å². The second kappa shape index (κ2) is 7.38. The molecule has 0 spiro atoms. The van der Waals surface area contributed by atoms with Gasteiger partial charge < -0.3 is 4.90 Å². The van der Waals surface area contributed by atoms with Gasteiger partial charge in [-0.3, -0.25) is 9.20 Å². The summed E-state index contributed by atoms with van der Waals surface area (Å²) >= 11 is 1.49. The number of rotatable bonds is 7. The van der Waals surface area contributed by atoms with Gasteiger partial charge in [0.25, 0.3) is 5.56 Å². The van der Waals surface area contributed by atoms with Gasteiger partial charge in [-0.15, -0.1) is 11.3 Å². The van der Waals surface area contributed by atoms with Crippen molar-refractivity contribution in [3.05, 3.63) is 83.1 Å². The zero-order chi connectivity index (χ0) is 16.9. The summed E-state index contributed by atoms with van der Waals surface area (Å²) in [6.45, 7) is 9.89. The molecule has 4 nitrogen and oxygen atoms in total. The van der Waals surface area contributed by atoms with Gasteiger partial charge in [0.2, 0.25) is 0 Å². The highest BCUT2D eigenvalue weighted by Gasteiger charge is 2.13. The number of quaternary nitrogens is 1. The van der Waals surface area contributed by atoms with Crippen LogP contribution < -0.4 is 10.5 Å². The van der Waals surface area contributed by atoms with Gasteiger partial charge in [0.05, 0.1) is 18.8 Å². The summed E-state index contributed by atoms with van der Waals surface area (Å²) in [4.78, 5) is 19.3. The van der Waals surface area contributed by atoms with Gasteiger partial charge >= 0.3 is 0 Å². The average Bonchev–Trinajstić information content (AvgIpc) is 3.00. The molecule has 2 aromatic heterocycles. The van der Waals surface area contributed by atoms with Crippen LogP contribution in [0.1, 0.15) is 5.69 Å². The normalized spacial score (nSPS) is 11.0. The number of nitrogens with zero attached hydrogens (tertiary/aromatic N) is 2. The molecule has 1 aromatic carbocycles. The number of hydrogen-bond acceptors (Lipinski definition) is 3. The van der Waals surface area contributed by atoms with E-state index < -0.39 is 0 Å². The van der Waals surface area contributed by atoms with Crippen molar-refractivity contribution in [1.82, 2.24) is 9.38 Å². The summed E-state index contributed by atoms with van der Waals surface area (Å²) in [5.41, 5.74) is 2.68. The molecule has 0 saturated carbocycles. The van der Waals surface area contributed by atoms with E-state index in [1.54, 1.807) is 10.5 Å². The molecule has 3 rings (SSSR count). The molecule has 0 amide bonds. The lowest BCUT2D eigenvalue weighted by Gasteiger charge is -2.15. The molecule has 0 saturated heterocycles. The first kappa shape index (κ1) is 16.4. The third-order valence-electron chi connectivity index (χ3n) is 3.82. The van der Waals surface area contributed by atoms with E-state index in [-0.39, 0.29) is 5.56 Å². The zero-order valence-electron chi connectivity index (χ0n) is 13.4. The number of thiazole rings is 1. The molecular weight excluding hydrogens is 318 g/mol. The van der Waals surface area contributed by atoms with Gasteiger partial charge in [-0.05, 0) is 17.7 Å². The van der Waals surface area contributed by atoms with Crippen LogP contribution in [0.2, 0.25) is 0 Å². The maximum Gasteiger partial charge on any atom is 0.259 e. The molecule has 0 bridgehead atoms. The average molecular weight is 338 g/mol. The number of fused-ring (bicyclic) bond motifs is 1. The molecule has 0 atom stereocenters. The standard InChI is InChI=1S/C19H19N3OS/c1-3-10-21(11-4-2)13-16-12-18(23)22-17(14-24-19(22)20-16)15-8-6-5-7-9-15/h3-9,12,14H,1-2,10-11,13H2/p+1. The highest BCUT2D eigenvalue weighted by molar-refractivity contribution is 7.15. The summed E-state index contributed by atoms with van der Waals surface area (Å²) in [6.07, 6.45) is 3.76. The van der Waals surface area contributed by atoms with Crippen molar-refractivity contribution in [2.75, 3.05) is 13.1 Å². The third kappa shape index (κ3) is 3.37. The molecule has 122 valence electrons. The van der Waals surface area contributed by atoms with Crippen molar-refractivity contribution in [1.29, 1.82) is 0 Å². The summed E-state index contributed by atoms with van der Waals surface area (Å²) in [5, 5.41) is 1.99. The molecule has 0 aliphatic rings. The van der Waals surface area contributed by atoms with Crippen LogP contribution in [0.3, 0.4) is 0 Å². The van der Waals surface area contributed by atoms with E-state index in [4.69, 9.17) is 0 Å². The van der Waals surface area contributed by atoms with Gasteiger partial charge in [0.15, 0.2) is 4.96 Å². The number of hydrogen-bond donors (Lipinski definition) is 1. The summed E-state index contributed by atoms with van der Waals surface area (Å²) < 4.78 is 1.68. The Morgan fingerprint density at radius 3 is 2.54 bits per heavy atom. The fourth-order valence-electron chi connectivity index (χ4n) is 2.76. The fraction of sp³-hybridized carbons (Fsp3) is 0.158. The van der Waals surface area contributed by atoms with Gasteiger partial charge in [0, 0.05) is 11.4 Å². The van der Waals surface area contributed by atoms with Crippen molar-refractivity contribution >= 4 is 16.3 Å². The van der Waals surface area contributed by atoms with Crippen LogP contribution in [-0.2, 0) is 6.54 Å². The lowest BCUT2D eigenvalue weighted by atomic mass is 10.2. The minimum atomic E-state index is -0.0355. The highest BCUT2D eigenvalue weighted by Crippen LogP contribution is 2.23. The van der Waals surface area contributed by atoms with Crippen molar-refractivity contribution < 1.29 is 4.90 Å². The topological polar surface area (TPSA) is 38.8 Å². The van der Waals surface area contributed by atoms with Gasteiger partial charge in [-0.1, -0.05) is 43.5 Å². The van der Waals surface area contributed by atoms with E-state index in [9.17, 15) is 4.79 Å². The molecule has 3 aromatic rings. The lowest BCUT2D eigenvalue weighted by molar-refractivity contribution is -0.902. The van der Waals surface area contributed by atoms with Crippen LogP contribution in [0, 0.1) is 0 Å².